The minimum atomic E-state index is 0.206. The minimum Gasteiger partial charge on any atom is -0.299 e. The molecule has 0 unspecified atom stereocenters. The van der Waals surface area contributed by atoms with Gasteiger partial charge < -0.3 is 0 Å². The predicted octanol–water partition coefficient (Wildman–Crippen LogP) is 5.12. The van der Waals surface area contributed by atoms with Crippen LogP contribution in [0.5, 0.6) is 0 Å². The Kier molecular flexibility index (Phi) is 5.11. The molecule has 4 heteroatoms. The van der Waals surface area contributed by atoms with E-state index in [4.69, 9.17) is 10.1 Å². The minimum absolute atomic E-state index is 0.206. The van der Waals surface area contributed by atoms with Crippen molar-refractivity contribution in [3.63, 3.8) is 0 Å². The molecule has 1 heterocycles. The number of hydrogen-bond acceptors (Lipinski definition) is 3. The van der Waals surface area contributed by atoms with Crippen molar-refractivity contribution in [3.05, 3.63) is 90.5 Å². The van der Waals surface area contributed by atoms with Gasteiger partial charge in [-0.15, -0.1) is 5.10 Å². The molecule has 3 aromatic carbocycles. The fourth-order valence-electron chi connectivity index (χ4n) is 3.17. The molecule has 0 aliphatic carbocycles. The molecular weight excluding hydrogens is 346 g/mol. The van der Waals surface area contributed by atoms with Crippen molar-refractivity contribution in [1.29, 1.82) is 0 Å². The number of carbonyl (C=O) groups is 1. The van der Waals surface area contributed by atoms with Gasteiger partial charge in [-0.1, -0.05) is 85.8 Å². The largest absolute Gasteiger partial charge is 0.299 e. The number of ketones is 1. The molecule has 0 N–H and O–H groups in total. The number of aromatic nitrogens is 3. The van der Waals surface area contributed by atoms with Gasteiger partial charge >= 0.3 is 0 Å². The number of nitrogens with zero attached hydrogens (tertiary/aromatic N) is 3. The van der Waals surface area contributed by atoms with Gasteiger partial charge in [0.2, 0.25) is 0 Å². The van der Waals surface area contributed by atoms with Crippen LogP contribution in [0.4, 0.5) is 0 Å². The van der Waals surface area contributed by atoms with Gasteiger partial charge in [0.05, 0.1) is 5.69 Å². The number of para-hydroxylation sites is 1. The van der Waals surface area contributed by atoms with Crippen LogP contribution in [0.2, 0.25) is 0 Å². The maximum Gasteiger partial charge on any atom is 0.182 e. The maximum atomic E-state index is 12.1. The Balaban J connectivity index is 1.89. The highest BCUT2D eigenvalue weighted by Gasteiger charge is 2.17. The molecule has 0 bridgehead atoms. The zero-order chi connectivity index (χ0) is 19.3. The second-order valence-corrected chi connectivity index (χ2v) is 6.60. The van der Waals surface area contributed by atoms with E-state index in [1.807, 2.05) is 96.5 Å². The van der Waals surface area contributed by atoms with Crippen LogP contribution in [-0.4, -0.2) is 20.5 Å². The quantitative estimate of drug-likeness (QED) is 0.475. The Bertz CT molecular complexity index is 1090. The maximum absolute atomic E-state index is 12.1. The van der Waals surface area contributed by atoms with E-state index in [2.05, 4.69) is 0 Å². The molecule has 138 valence electrons. The van der Waals surface area contributed by atoms with E-state index in [-0.39, 0.29) is 5.78 Å². The lowest BCUT2D eigenvalue weighted by Gasteiger charge is -2.11. The van der Waals surface area contributed by atoms with Crippen molar-refractivity contribution < 1.29 is 4.79 Å². The summed E-state index contributed by atoms with van der Waals surface area (Å²) in [5.41, 5.74) is 3.78. The Labute approximate surface area is 164 Å². The normalized spacial score (nSPS) is 10.8. The standard InChI is InChI=1S/C24H21N3O/c1-2-21(28)17-20-15-9-10-16-22(20)27-24(19-13-7-4-8-14-19)25-23(26-27)18-11-5-3-6-12-18/h3-16H,2,17H2,1H3. The molecule has 4 aromatic rings. The summed E-state index contributed by atoms with van der Waals surface area (Å²) < 4.78 is 1.86. The summed E-state index contributed by atoms with van der Waals surface area (Å²) in [5, 5.41) is 4.82. The topological polar surface area (TPSA) is 47.8 Å². The van der Waals surface area contributed by atoms with Crippen LogP contribution in [0.15, 0.2) is 84.9 Å². The van der Waals surface area contributed by atoms with Gasteiger partial charge in [-0.2, -0.15) is 0 Å². The van der Waals surface area contributed by atoms with Crippen LogP contribution in [0.1, 0.15) is 18.9 Å². The lowest BCUT2D eigenvalue weighted by atomic mass is 10.1. The Morgan fingerprint density at radius 1 is 0.821 bits per heavy atom. The molecule has 0 atom stereocenters. The highest BCUT2D eigenvalue weighted by Crippen LogP contribution is 2.27. The molecule has 4 nitrogen and oxygen atoms in total. The fraction of sp³-hybridized carbons (Fsp3) is 0.125. The lowest BCUT2D eigenvalue weighted by molar-refractivity contribution is -0.118. The molecule has 28 heavy (non-hydrogen) atoms. The zero-order valence-corrected chi connectivity index (χ0v) is 15.7. The van der Waals surface area contributed by atoms with E-state index < -0.39 is 0 Å². The first-order valence-corrected chi connectivity index (χ1v) is 9.44. The Morgan fingerprint density at radius 3 is 2.11 bits per heavy atom. The lowest BCUT2D eigenvalue weighted by Crippen LogP contribution is -2.08. The smallest absolute Gasteiger partial charge is 0.182 e. The van der Waals surface area contributed by atoms with Crippen molar-refractivity contribution >= 4 is 5.78 Å². The van der Waals surface area contributed by atoms with E-state index in [9.17, 15) is 4.79 Å². The molecule has 0 saturated heterocycles. The van der Waals surface area contributed by atoms with Crippen LogP contribution in [0, 0.1) is 0 Å². The summed E-state index contributed by atoms with van der Waals surface area (Å²) in [4.78, 5) is 16.9. The number of Topliss-reactive ketones (excluding diaryl/α,β-unsaturated/α-hetero) is 1. The number of carbonyl (C=O) groups excluding carboxylic acids is 1. The summed E-state index contributed by atoms with van der Waals surface area (Å²) >= 11 is 0. The molecule has 1 aromatic heterocycles. The number of hydrogen-bond donors (Lipinski definition) is 0. The third kappa shape index (κ3) is 3.62. The fourth-order valence-corrected chi connectivity index (χ4v) is 3.17. The van der Waals surface area contributed by atoms with E-state index in [0.29, 0.717) is 18.7 Å². The molecular formula is C24H21N3O. The number of rotatable bonds is 6. The molecule has 4 rings (SSSR count). The average Bonchev–Trinajstić information content (AvgIpc) is 3.20. The van der Waals surface area contributed by atoms with E-state index in [1.165, 1.54) is 0 Å². The highest BCUT2D eigenvalue weighted by atomic mass is 16.1. The monoisotopic (exact) mass is 367 g/mol. The number of benzene rings is 3. The molecule has 0 fully saturated rings. The van der Waals surface area contributed by atoms with E-state index in [1.54, 1.807) is 0 Å². The second kappa shape index (κ2) is 8.01. The zero-order valence-electron chi connectivity index (χ0n) is 15.7. The van der Waals surface area contributed by atoms with Gasteiger partial charge in [0.25, 0.3) is 0 Å². The first kappa shape index (κ1) is 17.9. The molecule has 0 amide bonds. The Morgan fingerprint density at radius 2 is 1.43 bits per heavy atom. The van der Waals surface area contributed by atoms with Gasteiger partial charge in [0, 0.05) is 24.0 Å². The Hall–Kier alpha value is -3.53. The first-order valence-electron chi connectivity index (χ1n) is 9.44. The van der Waals surface area contributed by atoms with Crippen molar-refractivity contribution in [1.82, 2.24) is 14.8 Å². The van der Waals surface area contributed by atoms with Gasteiger partial charge in [-0.25, -0.2) is 9.67 Å². The third-order valence-corrected chi connectivity index (χ3v) is 4.67. The van der Waals surface area contributed by atoms with Crippen LogP contribution >= 0.6 is 0 Å². The van der Waals surface area contributed by atoms with Crippen LogP contribution in [0.3, 0.4) is 0 Å². The SMILES string of the molecule is CCC(=O)Cc1ccccc1-n1nc(-c2ccccc2)nc1-c1ccccc1. The summed E-state index contributed by atoms with van der Waals surface area (Å²) in [6.45, 7) is 1.89. The second-order valence-electron chi connectivity index (χ2n) is 6.60. The summed E-state index contributed by atoms with van der Waals surface area (Å²) in [6, 6.07) is 27.8. The summed E-state index contributed by atoms with van der Waals surface area (Å²) in [5.74, 6) is 1.63. The summed E-state index contributed by atoms with van der Waals surface area (Å²) in [6.07, 6.45) is 0.911. The van der Waals surface area contributed by atoms with Crippen molar-refractivity contribution in [3.8, 4) is 28.5 Å². The molecule has 0 spiro atoms. The first-order chi connectivity index (χ1) is 13.8. The van der Waals surface area contributed by atoms with Gasteiger partial charge in [-0.3, -0.25) is 4.79 Å². The van der Waals surface area contributed by atoms with E-state index in [0.717, 1.165) is 28.2 Å². The van der Waals surface area contributed by atoms with E-state index >= 15 is 0 Å². The van der Waals surface area contributed by atoms with Gasteiger partial charge in [-0.05, 0) is 11.6 Å². The molecule has 0 aliphatic rings. The predicted molar refractivity (Wildman–Crippen MR) is 111 cm³/mol. The van der Waals surface area contributed by atoms with Gasteiger partial charge in [0.1, 0.15) is 5.78 Å². The van der Waals surface area contributed by atoms with Gasteiger partial charge in [0.15, 0.2) is 11.6 Å². The highest BCUT2D eigenvalue weighted by molar-refractivity contribution is 5.81. The van der Waals surface area contributed by atoms with Crippen molar-refractivity contribution in [2.75, 3.05) is 0 Å². The molecule has 0 radical (unpaired) electrons. The third-order valence-electron chi connectivity index (χ3n) is 4.67. The summed E-state index contributed by atoms with van der Waals surface area (Å²) in [7, 11) is 0. The molecule has 0 aliphatic heterocycles. The average molecular weight is 367 g/mol. The van der Waals surface area contributed by atoms with Crippen LogP contribution in [0.25, 0.3) is 28.5 Å². The van der Waals surface area contributed by atoms with Crippen molar-refractivity contribution in [2.24, 2.45) is 0 Å². The van der Waals surface area contributed by atoms with Crippen LogP contribution in [-0.2, 0) is 11.2 Å². The van der Waals surface area contributed by atoms with Crippen molar-refractivity contribution in [2.45, 2.75) is 19.8 Å². The molecule has 0 saturated carbocycles. The van der Waals surface area contributed by atoms with Crippen LogP contribution < -0.4 is 0 Å².